The number of hydrogen-bond acceptors (Lipinski definition) is 2. The largest absolute Gasteiger partial charge is 0.313 e. The molecule has 0 bridgehead atoms. The Morgan fingerprint density at radius 2 is 1.74 bits per heavy atom. The van der Waals surface area contributed by atoms with E-state index in [1.165, 1.54) is 16.0 Å². The monoisotopic (exact) mass is 273 g/mol. The van der Waals surface area contributed by atoms with Crippen LogP contribution in [0.25, 0.3) is 0 Å². The first kappa shape index (κ1) is 14.3. The molecule has 1 atom stereocenters. The summed E-state index contributed by atoms with van der Waals surface area (Å²) in [4.78, 5) is 1.47. The molecule has 2 aromatic rings. The lowest BCUT2D eigenvalue weighted by Crippen LogP contribution is -2.17. The zero-order valence-electron chi connectivity index (χ0n) is 12.0. The van der Waals surface area contributed by atoms with Crippen LogP contribution < -0.4 is 5.32 Å². The van der Waals surface area contributed by atoms with Crippen molar-refractivity contribution < 1.29 is 0 Å². The van der Waals surface area contributed by atoms with Crippen molar-refractivity contribution in [3.8, 4) is 0 Å². The van der Waals surface area contributed by atoms with Crippen LogP contribution in [0.2, 0.25) is 0 Å². The van der Waals surface area contributed by atoms with E-state index in [9.17, 15) is 0 Å². The van der Waals surface area contributed by atoms with Gasteiger partial charge in [-0.2, -0.15) is 0 Å². The number of benzene rings is 1. The molecule has 0 aliphatic carbocycles. The molecule has 0 spiro atoms. The summed E-state index contributed by atoms with van der Waals surface area (Å²) < 4.78 is 0. The van der Waals surface area contributed by atoms with Crippen molar-refractivity contribution in [2.75, 3.05) is 7.05 Å². The summed E-state index contributed by atoms with van der Waals surface area (Å²) in [5.74, 6) is 0.605. The molecule has 19 heavy (non-hydrogen) atoms. The molecular formula is C17H23NS. The van der Waals surface area contributed by atoms with E-state index in [0.717, 1.165) is 12.8 Å². The molecule has 0 aliphatic heterocycles. The van der Waals surface area contributed by atoms with Gasteiger partial charge in [0.05, 0.1) is 0 Å². The van der Waals surface area contributed by atoms with Crippen molar-refractivity contribution in [2.24, 2.45) is 0 Å². The average molecular weight is 273 g/mol. The second kappa shape index (κ2) is 6.88. The predicted octanol–water partition coefficient (Wildman–Crippen LogP) is 4.76. The Bertz CT molecular complexity index is 470. The van der Waals surface area contributed by atoms with Crippen LogP contribution in [0.15, 0.2) is 41.8 Å². The Morgan fingerprint density at radius 3 is 2.26 bits per heavy atom. The Kier molecular flexibility index (Phi) is 5.17. The van der Waals surface area contributed by atoms with Crippen molar-refractivity contribution in [2.45, 2.75) is 38.6 Å². The number of rotatable bonds is 6. The first-order valence-electron chi connectivity index (χ1n) is 7.00. The van der Waals surface area contributed by atoms with Crippen LogP contribution in [0.3, 0.4) is 0 Å². The highest BCUT2D eigenvalue weighted by atomic mass is 32.1. The predicted molar refractivity (Wildman–Crippen MR) is 85.0 cm³/mol. The Balaban J connectivity index is 2.00. The molecule has 2 rings (SSSR count). The lowest BCUT2D eigenvalue weighted by Gasteiger charge is -2.17. The molecule has 0 fully saturated rings. The highest BCUT2D eigenvalue weighted by molar-refractivity contribution is 7.09. The maximum atomic E-state index is 3.43. The maximum absolute atomic E-state index is 3.43. The van der Waals surface area contributed by atoms with Crippen LogP contribution in [0.4, 0.5) is 0 Å². The van der Waals surface area contributed by atoms with Crippen LogP contribution >= 0.6 is 11.3 Å². The highest BCUT2D eigenvalue weighted by Gasteiger charge is 2.10. The van der Waals surface area contributed by atoms with Gasteiger partial charge in [0.1, 0.15) is 0 Å². The van der Waals surface area contributed by atoms with Gasteiger partial charge in [0, 0.05) is 10.9 Å². The third-order valence-electron chi connectivity index (χ3n) is 3.61. The fraction of sp³-hybridized carbons (Fsp3) is 0.412. The third kappa shape index (κ3) is 3.92. The van der Waals surface area contributed by atoms with E-state index in [-0.39, 0.29) is 0 Å². The molecule has 0 aliphatic rings. The van der Waals surface area contributed by atoms with Crippen molar-refractivity contribution in [3.05, 3.63) is 57.8 Å². The van der Waals surface area contributed by atoms with Gasteiger partial charge in [-0.15, -0.1) is 11.3 Å². The summed E-state index contributed by atoms with van der Waals surface area (Å²) >= 11 is 1.85. The quantitative estimate of drug-likeness (QED) is 0.799. The molecule has 0 saturated heterocycles. The first-order valence-corrected chi connectivity index (χ1v) is 7.88. The molecule has 1 nitrogen and oxygen atoms in total. The van der Waals surface area contributed by atoms with Gasteiger partial charge < -0.3 is 5.32 Å². The first-order chi connectivity index (χ1) is 9.20. The van der Waals surface area contributed by atoms with Crippen LogP contribution in [-0.2, 0) is 6.42 Å². The van der Waals surface area contributed by atoms with E-state index in [0.29, 0.717) is 12.0 Å². The van der Waals surface area contributed by atoms with Crippen LogP contribution in [0.1, 0.15) is 48.2 Å². The molecule has 1 aromatic carbocycles. The molecular weight excluding hydrogens is 250 g/mol. The molecule has 1 unspecified atom stereocenters. The Labute approximate surface area is 120 Å². The Hall–Kier alpha value is -1.12. The maximum Gasteiger partial charge on any atom is 0.0320 e. The van der Waals surface area contributed by atoms with Gasteiger partial charge in [0.25, 0.3) is 0 Å². The van der Waals surface area contributed by atoms with Crippen molar-refractivity contribution in [1.29, 1.82) is 0 Å². The number of nitrogens with one attached hydrogen (secondary N) is 1. The lowest BCUT2D eigenvalue weighted by atomic mass is 9.97. The second-order valence-corrected chi connectivity index (χ2v) is 6.31. The van der Waals surface area contributed by atoms with E-state index in [1.54, 1.807) is 0 Å². The van der Waals surface area contributed by atoms with Gasteiger partial charge in [-0.1, -0.05) is 44.2 Å². The zero-order valence-corrected chi connectivity index (χ0v) is 12.8. The molecule has 1 heterocycles. The lowest BCUT2D eigenvalue weighted by molar-refractivity contribution is 0.551. The molecule has 2 heteroatoms. The van der Waals surface area contributed by atoms with Crippen molar-refractivity contribution >= 4 is 11.3 Å². The van der Waals surface area contributed by atoms with Gasteiger partial charge in [0.2, 0.25) is 0 Å². The summed E-state index contributed by atoms with van der Waals surface area (Å²) in [6, 6.07) is 13.9. The van der Waals surface area contributed by atoms with Gasteiger partial charge in [0.15, 0.2) is 0 Å². The van der Waals surface area contributed by atoms with Crippen LogP contribution in [-0.4, -0.2) is 7.05 Å². The van der Waals surface area contributed by atoms with Crippen LogP contribution in [0.5, 0.6) is 0 Å². The van der Waals surface area contributed by atoms with Gasteiger partial charge in [-0.25, -0.2) is 0 Å². The minimum atomic E-state index is 0.448. The van der Waals surface area contributed by atoms with Crippen molar-refractivity contribution in [1.82, 2.24) is 5.32 Å². The van der Waals surface area contributed by atoms with E-state index >= 15 is 0 Å². The highest BCUT2D eigenvalue weighted by Crippen LogP contribution is 2.23. The molecule has 102 valence electrons. The second-order valence-electron chi connectivity index (χ2n) is 5.28. The van der Waals surface area contributed by atoms with E-state index in [4.69, 9.17) is 0 Å². The smallest absolute Gasteiger partial charge is 0.0320 e. The van der Waals surface area contributed by atoms with Gasteiger partial charge in [-0.05, 0) is 48.4 Å². The normalized spacial score (nSPS) is 12.8. The molecule has 0 saturated carbocycles. The minimum absolute atomic E-state index is 0.448. The van der Waals surface area contributed by atoms with Crippen molar-refractivity contribution in [3.63, 3.8) is 0 Å². The SMILES string of the molecule is CNC(CCc1cccs1)c1ccc(C(C)C)cc1. The van der Waals surface area contributed by atoms with Crippen LogP contribution in [0, 0.1) is 0 Å². The summed E-state index contributed by atoms with van der Waals surface area (Å²) in [6.45, 7) is 4.47. The fourth-order valence-corrected chi connectivity index (χ4v) is 3.06. The molecule has 0 radical (unpaired) electrons. The third-order valence-corrected chi connectivity index (χ3v) is 4.55. The molecule has 0 amide bonds. The number of hydrogen-bond donors (Lipinski definition) is 1. The van der Waals surface area contributed by atoms with E-state index in [1.807, 2.05) is 11.3 Å². The molecule has 1 N–H and O–H groups in total. The van der Waals surface area contributed by atoms with E-state index < -0.39 is 0 Å². The number of thiophene rings is 1. The molecule has 1 aromatic heterocycles. The van der Waals surface area contributed by atoms with Gasteiger partial charge in [-0.3, -0.25) is 0 Å². The minimum Gasteiger partial charge on any atom is -0.313 e. The Morgan fingerprint density at radius 1 is 1.05 bits per heavy atom. The zero-order chi connectivity index (χ0) is 13.7. The number of aryl methyl sites for hydroxylation is 1. The summed E-state index contributed by atoms with van der Waals surface area (Å²) in [7, 11) is 2.05. The van der Waals surface area contributed by atoms with E-state index in [2.05, 4.69) is 68.0 Å². The summed E-state index contributed by atoms with van der Waals surface area (Å²) in [5, 5.41) is 5.59. The standard InChI is InChI=1S/C17H23NS/c1-13(2)14-6-8-15(9-7-14)17(18-3)11-10-16-5-4-12-19-16/h4-9,12-13,17-18H,10-11H2,1-3H3. The fourth-order valence-electron chi connectivity index (χ4n) is 2.33. The summed E-state index contributed by atoms with van der Waals surface area (Å²) in [6.07, 6.45) is 2.30. The van der Waals surface area contributed by atoms with Gasteiger partial charge >= 0.3 is 0 Å². The topological polar surface area (TPSA) is 12.0 Å². The summed E-state index contributed by atoms with van der Waals surface area (Å²) in [5.41, 5.74) is 2.81. The average Bonchev–Trinajstić information content (AvgIpc) is 2.93.